The Kier molecular flexibility index (Phi) is 4.66. The van der Waals surface area contributed by atoms with Crippen LogP contribution in [-0.4, -0.2) is 16.7 Å². The van der Waals surface area contributed by atoms with Crippen molar-refractivity contribution in [2.45, 2.75) is 12.5 Å². The molecule has 0 aliphatic heterocycles. The van der Waals surface area contributed by atoms with Crippen LogP contribution in [0.15, 0.2) is 51.6 Å². The first kappa shape index (κ1) is 15.3. The minimum Gasteiger partial charge on any atom is -0.467 e. The lowest BCUT2D eigenvalue weighted by atomic mass is 10.1. The molecule has 22 heavy (non-hydrogen) atoms. The van der Waals surface area contributed by atoms with E-state index in [0.29, 0.717) is 17.3 Å². The van der Waals surface area contributed by atoms with Gasteiger partial charge in [0.1, 0.15) is 11.6 Å². The third-order valence-electron chi connectivity index (χ3n) is 3.38. The molecule has 1 unspecified atom stereocenters. The van der Waals surface area contributed by atoms with E-state index in [1.165, 1.54) is 0 Å². The fraction of sp³-hybridized carbons (Fsp3) is 0.188. The van der Waals surface area contributed by atoms with Crippen molar-refractivity contribution in [1.29, 1.82) is 0 Å². The Morgan fingerprint density at radius 1 is 1.27 bits per heavy atom. The second kappa shape index (κ2) is 6.69. The van der Waals surface area contributed by atoms with Gasteiger partial charge in [-0.05, 0) is 42.8 Å². The van der Waals surface area contributed by atoms with Crippen LogP contribution in [-0.2, 0) is 0 Å². The molecule has 0 radical (unpaired) electrons. The number of benzene rings is 1. The van der Waals surface area contributed by atoms with Gasteiger partial charge in [-0.2, -0.15) is 0 Å². The Balaban J connectivity index is 1.94. The average Bonchev–Trinajstić information content (AvgIpc) is 3.05. The molecular formula is C16H14BrClN2O2. The van der Waals surface area contributed by atoms with Crippen LogP contribution in [0.25, 0.3) is 10.9 Å². The molecule has 2 aromatic heterocycles. The van der Waals surface area contributed by atoms with Crippen molar-refractivity contribution in [3.8, 4) is 0 Å². The van der Waals surface area contributed by atoms with E-state index in [0.717, 1.165) is 21.1 Å². The van der Waals surface area contributed by atoms with Crippen molar-refractivity contribution in [3.63, 3.8) is 0 Å². The molecule has 0 aliphatic carbocycles. The molecule has 3 aromatic rings. The number of aromatic nitrogens is 1. The number of fused-ring (bicyclic) bond motifs is 1. The zero-order valence-corrected chi connectivity index (χ0v) is 13.9. The van der Waals surface area contributed by atoms with Gasteiger partial charge in [-0.25, -0.2) is 4.98 Å². The van der Waals surface area contributed by atoms with Crippen molar-refractivity contribution in [2.24, 2.45) is 0 Å². The van der Waals surface area contributed by atoms with Gasteiger partial charge in [0.15, 0.2) is 0 Å². The lowest BCUT2D eigenvalue weighted by Crippen LogP contribution is -2.12. The third-order valence-corrected chi connectivity index (χ3v) is 4.38. The first-order valence-corrected chi connectivity index (χ1v) is 8.01. The summed E-state index contributed by atoms with van der Waals surface area (Å²) in [5.74, 6) is 1.44. The topological polar surface area (TPSA) is 58.3 Å². The van der Waals surface area contributed by atoms with Gasteiger partial charge in [-0.1, -0.05) is 27.5 Å². The maximum atomic E-state index is 9.24. The number of rotatable bonds is 5. The van der Waals surface area contributed by atoms with Crippen LogP contribution in [0.4, 0.5) is 5.82 Å². The maximum absolute atomic E-state index is 9.24. The molecule has 4 nitrogen and oxygen atoms in total. The molecule has 0 bridgehead atoms. The second-order valence-corrected chi connectivity index (χ2v) is 6.11. The first-order chi connectivity index (χ1) is 10.7. The number of aliphatic hydroxyl groups excluding tert-OH is 1. The average molecular weight is 382 g/mol. The predicted octanol–water partition coefficient (Wildman–Crippen LogP) is 4.78. The fourth-order valence-electron chi connectivity index (χ4n) is 2.31. The predicted molar refractivity (Wildman–Crippen MR) is 91.2 cm³/mol. The summed E-state index contributed by atoms with van der Waals surface area (Å²) in [4.78, 5) is 4.57. The summed E-state index contributed by atoms with van der Waals surface area (Å²) >= 11 is 9.72. The van der Waals surface area contributed by atoms with E-state index in [4.69, 9.17) is 16.0 Å². The molecule has 2 heterocycles. The first-order valence-electron chi connectivity index (χ1n) is 6.84. The van der Waals surface area contributed by atoms with Crippen molar-refractivity contribution in [3.05, 3.63) is 57.9 Å². The van der Waals surface area contributed by atoms with Crippen LogP contribution in [0.3, 0.4) is 0 Å². The van der Waals surface area contributed by atoms with Gasteiger partial charge in [0.2, 0.25) is 0 Å². The molecular weight excluding hydrogens is 368 g/mol. The van der Waals surface area contributed by atoms with E-state index < -0.39 is 0 Å². The van der Waals surface area contributed by atoms with Crippen LogP contribution in [0.1, 0.15) is 18.2 Å². The third kappa shape index (κ3) is 3.11. The molecule has 0 fully saturated rings. The Hall–Kier alpha value is -1.56. The normalized spacial score (nSPS) is 12.5. The highest BCUT2D eigenvalue weighted by atomic mass is 79.9. The standard InChI is InChI=1S/C16H14BrClN2O2/c17-11-4-5-12(18)16-10(11)3-6-15(20-16)19-13(7-8-21)14-2-1-9-22-14/h1-6,9,13,21H,7-8H2,(H,19,20). The molecule has 6 heteroatoms. The Bertz CT molecular complexity index is 777. The number of aliphatic hydroxyl groups is 1. The molecule has 0 spiro atoms. The number of halogens is 2. The number of furan rings is 1. The van der Waals surface area contributed by atoms with Gasteiger partial charge in [0.25, 0.3) is 0 Å². The van der Waals surface area contributed by atoms with Crippen molar-refractivity contribution in [2.75, 3.05) is 11.9 Å². The monoisotopic (exact) mass is 380 g/mol. The number of nitrogens with one attached hydrogen (secondary N) is 1. The number of anilines is 1. The molecule has 0 amide bonds. The second-order valence-electron chi connectivity index (χ2n) is 4.85. The number of hydrogen-bond acceptors (Lipinski definition) is 4. The van der Waals surface area contributed by atoms with Crippen LogP contribution in [0.5, 0.6) is 0 Å². The summed E-state index contributed by atoms with van der Waals surface area (Å²) in [5, 5.41) is 14.1. The number of pyridine rings is 1. The fourth-order valence-corrected chi connectivity index (χ4v) is 2.97. The quantitative estimate of drug-likeness (QED) is 0.668. The van der Waals surface area contributed by atoms with Gasteiger partial charge >= 0.3 is 0 Å². The molecule has 1 atom stereocenters. The summed E-state index contributed by atoms with van der Waals surface area (Å²) in [5.41, 5.74) is 0.725. The van der Waals surface area contributed by atoms with Gasteiger partial charge in [0.05, 0.1) is 22.8 Å². The largest absolute Gasteiger partial charge is 0.467 e. The summed E-state index contributed by atoms with van der Waals surface area (Å²) < 4.78 is 6.36. The Morgan fingerprint density at radius 3 is 2.86 bits per heavy atom. The minimum absolute atomic E-state index is 0.0538. The highest BCUT2D eigenvalue weighted by molar-refractivity contribution is 9.10. The molecule has 3 rings (SSSR count). The van der Waals surface area contributed by atoms with Crippen LogP contribution in [0, 0.1) is 0 Å². The molecule has 1 aromatic carbocycles. The van der Waals surface area contributed by atoms with Crippen LogP contribution < -0.4 is 5.32 Å². The highest BCUT2D eigenvalue weighted by Crippen LogP contribution is 2.31. The minimum atomic E-state index is -0.143. The number of hydrogen-bond donors (Lipinski definition) is 2. The van der Waals surface area contributed by atoms with Gasteiger partial charge < -0.3 is 14.8 Å². The smallest absolute Gasteiger partial charge is 0.127 e. The zero-order valence-electron chi connectivity index (χ0n) is 11.6. The van der Waals surface area contributed by atoms with Crippen molar-refractivity contribution in [1.82, 2.24) is 4.98 Å². The lowest BCUT2D eigenvalue weighted by Gasteiger charge is -2.16. The summed E-state index contributed by atoms with van der Waals surface area (Å²) in [7, 11) is 0. The molecule has 114 valence electrons. The van der Waals surface area contributed by atoms with Gasteiger partial charge in [-0.3, -0.25) is 0 Å². The van der Waals surface area contributed by atoms with E-state index in [1.807, 2.05) is 36.4 Å². The highest BCUT2D eigenvalue weighted by Gasteiger charge is 2.15. The van der Waals surface area contributed by atoms with Crippen LogP contribution >= 0.6 is 27.5 Å². The SMILES string of the molecule is OCCC(Nc1ccc2c(Br)ccc(Cl)c2n1)c1ccco1. The van der Waals surface area contributed by atoms with E-state index in [9.17, 15) is 5.11 Å². The van der Waals surface area contributed by atoms with Crippen molar-refractivity contribution >= 4 is 44.3 Å². The molecule has 0 saturated carbocycles. The van der Waals surface area contributed by atoms with Crippen LogP contribution in [0.2, 0.25) is 5.02 Å². The Labute approximate surface area is 141 Å². The van der Waals surface area contributed by atoms with Crippen molar-refractivity contribution < 1.29 is 9.52 Å². The summed E-state index contributed by atoms with van der Waals surface area (Å²) in [6, 6.07) is 11.1. The lowest BCUT2D eigenvalue weighted by molar-refractivity contribution is 0.273. The molecule has 0 aliphatic rings. The summed E-state index contributed by atoms with van der Waals surface area (Å²) in [6.45, 7) is 0.0538. The number of nitrogens with zero attached hydrogens (tertiary/aromatic N) is 1. The Morgan fingerprint density at radius 2 is 2.14 bits per heavy atom. The molecule has 2 N–H and O–H groups in total. The maximum Gasteiger partial charge on any atom is 0.127 e. The van der Waals surface area contributed by atoms with Gasteiger partial charge in [-0.15, -0.1) is 0 Å². The van der Waals surface area contributed by atoms with Gasteiger partial charge in [0, 0.05) is 16.5 Å². The van der Waals surface area contributed by atoms with E-state index in [1.54, 1.807) is 6.26 Å². The summed E-state index contributed by atoms with van der Waals surface area (Å²) in [6.07, 6.45) is 2.14. The van der Waals surface area contributed by atoms with E-state index >= 15 is 0 Å². The zero-order chi connectivity index (χ0) is 15.5. The molecule has 0 saturated heterocycles. The van der Waals surface area contributed by atoms with E-state index in [2.05, 4.69) is 26.2 Å². The van der Waals surface area contributed by atoms with E-state index in [-0.39, 0.29) is 12.6 Å².